The van der Waals surface area contributed by atoms with Gasteiger partial charge in [0.1, 0.15) is 0 Å². The molecule has 0 nitrogen and oxygen atoms in total. The van der Waals surface area contributed by atoms with Crippen molar-refractivity contribution in [2.24, 2.45) is 5.92 Å². The molecule has 0 amide bonds. The van der Waals surface area contributed by atoms with Gasteiger partial charge in [0.25, 0.3) is 0 Å². The summed E-state index contributed by atoms with van der Waals surface area (Å²) in [7, 11) is 0. The maximum absolute atomic E-state index is 4.31. The number of benzene rings is 1. The lowest BCUT2D eigenvalue weighted by Gasteiger charge is -2.49. The maximum atomic E-state index is 4.31. The molecule has 0 heterocycles. The highest BCUT2D eigenvalue weighted by Crippen LogP contribution is 2.52. The topological polar surface area (TPSA) is 0 Å². The van der Waals surface area contributed by atoms with Crippen molar-refractivity contribution in [2.75, 3.05) is 0 Å². The Balaban J connectivity index is 2.37. The Bertz CT molecular complexity index is 394. The molecule has 16 heavy (non-hydrogen) atoms. The summed E-state index contributed by atoms with van der Waals surface area (Å²) in [6, 6.07) is 8.97. The molecular formula is C16H22. The monoisotopic (exact) mass is 214 g/mol. The highest BCUT2D eigenvalue weighted by Gasteiger charge is 2.44. The maximum Gasteiger partial charge on any atom is 0.0164 e. The normalized spacial score (nSPS) is 28.6. The SMILES string of the molecule is C=C(CC)C1(c2cccc(C)c2)CC(C)C1. The molecule has 0 atom stereocenters. The number of hydrogen-bond acceptors (Lipinski definition) is 0. The molecule has 0 aliphatic heterocycles. The van der Waals surface area contributed by atoms with Crippen LogP contribution in [0, 0.1) is 12.8 Å². The van der Waals surface area contributed by atoms with Crippen molar-refractivity contribution in [3.63, 3.8) is 0 Å². The van der Waals surface area contributed by atoms with Gasteiger partial charge >= 0.3 is 0 Å². The minimum Gasteiger partial charge on any atom is -0.0990 e. The Labute approximate surface area is 99.4 Å². The zero-order valence-electron chi connectivity index (χ0n) is 10.7. The van der Waals surface area contributed by atoms with E-state index in [1.54, 1.807) is 0 Å². The first-order valence-electron chi connectivity index (χ1n) is 6.34. The lowest BCUT2D eigenvalue weighted by molar-refractivity contribution is 0.192. The standard InChI is InChI=1S/C16H22/c1-5-14(4)16(10-13(3)11-16)15-8-6-7-12(2)9-15/h6-9,13H,4-5,10-11H2,1-3H3. The van der Waals surface area contributed by atoms with Crippen LogP contribution in [0.2, 0.25) is 0 Å². The van der Waals surface area contributed by atoms with Crippen LogP contribution in [0.3, 0.4) is 0 Å². The van der Waals surface area contributed by atoms with Crippen LogP contribution < -0.4 is 0 Å². The van der Waals surface area contributed by atoms with Gasteiger partial charge < -0.3 is 0 Å². The average Bonchev–Trinajstić information content (AvgIpc) is 2.23. The fourth-order valence-corrected chi connectivity index (χ4v) is 3.14. The molecule has 1 fully saturated rings. The van der Waals surface area contributed by atoms with Crippen molar-refractivity contribution >= 4 is 0 Å². The molecule has 0 N–H and O–H groups in total. The molecule has 1 aliphatic rings. The van der Waals surface area contributed by atoms with Crippen molar-refractivity contribution in [3.05, 3.63) is 47.5 Å². The summed E-state index contributed by atoms with van der Waals surface area (Å²) in [6.45, 7) is 11.1. The van der Waals surface area contributed by atoms with E-state index in [1.165, 1.54) is 29.5 Å². The van der Waals surface area contributed by atoms with Gasteiger partial charge in [0, 0.05) is 5.41 Å². The molecule has 0 aromatic heterocycles. The zero-order chi connectivity index (χ0) is 11.8. The number of allylic oxidation sites excluding steroid dienone is 1. The first-order chi connectivity index (χ1) is 7.58. The first kappa shape index (κ1) is 11.4. The molecule has 1 saturated carbocycles. The van der Waals surface area contributed by atoms with E-state index >= 15 is 0 Å². The minimum atomic E-state index is 0.292. The van der Waals surface area contributed by atoms with Crippen LogP contribution in [0.25, 0.3) is 0 Å². The third-order valence-corrected chi connectivity index (χ3v) is 4.07. The molecule has 1 aliphatic carbocycles. The second-order valence-electron chi connectivity index (χ2n) is 5.42. The molecule has 0 saturated heterocycles. The second-order valence-corrected chi connectivity index (χ2v) is 5.42. The Kier molecular flexibility index (Phi) is 2.92. The summed E-state index contributed by atoms with van der Waals surface area (Å²) in [5, 5.41) is 0. The van der Waals surface area contributed by atoms with E-state index < -0.39 is 0 Å². The average molecular weight is 214 g/mol. The van der Waals surface area contributed by atoms with Gasteiger partial charge in [-0.05, 0) is 37.7 Å². The van der Waals surface area contributed by atoms with E-state index in [4.69, 9.17) is 0 Å². The predicted molar refractivity (Wildman–Crippen MR) is 70.7 cm³/mol. The summed E-state index contributed by atoms with van der Waals surface area (Å²) < 4.78 is 0. The molecule has 0 heteroatoms. The zero-order valence-corrected chi connectivity index (χ0v) is 10.7. The van der Waals surface area contributed by atoms with E-state index in [9.17, 15) is 0 Å². The summed E-state index contributed by atoms with van der Waals surface area (Å²) >= 11 is 0. The number of rotatable bonds is 3. The van der Waals surface area contributed by atoms with Crippen LogP contribution in [0.5, 0.6) is 0 Å². The van der Waals surface area contributed by atoms with Crippen molar-refractivity contribution in [3.8, 4) is 0 Å². The highest BCUT2D eigenvalue weighted by atomic mass is 14.5. The Morgan fingerprint density at radius 2 is 2.12 bits per heavy atom. The van der Waals surface area contributed by atoms with Crippen molar-refractivity contribution in [1.29, 1.82) is 0 Å². The molecule has 1 aromatic rings. The van der Waals surface area contributed by atoms with Gasteiger partial charge in [0.2, 0.25) is 0 Å². The molecule has 86 valence electrons. The van der Waals surface area contributed by atoms with Gasteiger partial charge in [-0.1, -0.05) is 55.8 Å². The van der Waals surface area contributed by atoms with Gasteiger partial charge in [-0.15, -0.1) is 0 Å². The summed E-state index contributed by atoms with van der Waals surface area (Å²) in [5.74, 6) is 0.851. The summed E-state index contributed by atoms with van der Waals surface area (Å²) in [6.07, 6.45) is 3.66. The molecule has 0 spiro atoms. The van der Waals surface area contributed by atoms with Crippen LogP contribution in [0.15, 0.2) is 36.4 Å². The molecule has 1 aromatic carbocycles. The summed E-state index contributed by atoms with van der Waals surface area (Å²) in [4.78, 5) is 0. The van der Waals surface area contributed by atoms with Crippen LogP contribution in [-0.4, -0.2) is 0 Å². The minimum absolute atomic E-state index is 0.292. The lowest BCUT2D eigenvalue weighted by Crippen LogP contribution is -2.41. The first-order valence-corrected chi connectivity index (χ1v) is 6.34. The van der Waals surface area contributed by atoms with E-state index in [0.717, 1.165) is 12.3 Å². The van der Waals surface area contributed by atoms with Crippen LogP contribution >= 0.6 is 0 Å². The van der Waals surface area contributed by atoms with E-state index in [0.29, 0.717) is 5.41 Å². The lowest BCUT2D eigenvalue weighted by atomic mass is 9.55. The van der Waals surface area contributed by atoms with Crippen LogP contribution in [0.4, 0.5) is 0 Å². The quantitative estimate of drug-likeness (QED) is 0.644. The van der Waals surface area contributed by atoms with Gasteiger partial charge in [-0.25, -0.2) is 0 Å². The van der Waals surface area contributed by atoms with Crippen molar-refractivity contribution < 1.29 is 0 Å². The van der Waals surface area contributed by atoms with E-state index in [1.807, 2.05) is 0 Å². The van der Waals surface area contributed by atoms with E-state index in [2.05, 4.69) is 51.6 Å². The smallest absolute Gasteiger partial charge is 0.0164 e. The van der Waals surface area contributed by atoms with E-state index in [-0.39, 0.29) is 0 Å². The molecule has 0 unspecified atom stereocenters. The second kappa shape index (κ2) is 4.08. The number of hydrogen-bond donors (Lipinski definition) is 0. The fraction of sp³-hybridized carbons (Fsp3) is 0.500. The Morgan fingerprint density at radius 1 is 1.44 bits per heavy atom. The third-order valence-electron chi connectivity index (χ3n) is 4.07. The fourth-order valence-electron chi connectivity index (χ4n) is 3.14. The van der Waals surface area contributed by atoms with Gasteiger partial charge in [-0.3, -0.25) is 0 Å². The largest absolute Gasteiger partial charge is 0.0990 e. The van der Waals surface area contributed by atoms with Gasteiger partial charge in [0.05, 0.1) is 0 Å². The molecular weight excluding hydrogens is 192 g/mol. The summed E-state index contributed by atoms with van der Waals surface area (Å²) in [5.41, 5.74) is 4.55. The van der Waals surface area contributed by atoms with Crippen molar-refractivity contribution in [1.82, 2.24) is 0 Å². The van der Waals surface area contributed by atoms with Gasteiger partial charge in [0.15, 0.2) is 0 Å². The predicted octanol–water partition coefficient (Wildman–Crippen LogP) is 4.63. The Morgan fingerprint density at radius 3 is 2.62 bits per heavy atom. The van der Waals surface area contributed by atoms with Gasteiger partial charge in [-0.2, -0.15) is 0 Å². The van der Waals surface area contributed by atoms with Crippen molar-refractivity contribution in [2.45, 2.75) is 45.4 Å². The van der Waals surface area contributed by atoms with Crippen LogP contribution in [-0.2, 0) is 5.41 Å². The third kappa shape index (κ3) is 1.71. The molecule has 2 rings (SSSR count). The molecule has 0 radical (unpaired) electrons. The highest BCUT2D eigenvalue weighted by molar-refractivity contribution is 5.40. The molecule has 0 bridgehead atoms. The number of aryl methyl sites for hydroxylation is 1. The Hall–Kier alpha value is -1.04. The van der Waals surface area contributed by atoms with Crippen LogP contribution in [0.1, 0.15) is 44.2 Å².